The quantitative estimate of drug-likeness (QED) is 0.0798. The van der Waals surface area contributed by atoms with Gasteiger partial charge >= 0.3 is 0 Å². The lowest BCUT2D eigenvalue weighted by Gasteiger charge is -2.27. The number of hydrogen-bond acceptors (Lipinski definition) is 6. The fourth-order valence-electron chi connectivity index (χ4n) is 21.4. The fraction of sp³-hybridized carbons (Fsp3) is 0. The number of fused-ring (bicyclic) bond motifs is 19. The lowest BCUT2D eigenvalue weighted by atomic mass is 9.94. The molecule has 6 heteroatoms. The van der Waals surface area contributed by atoms with E-state index >= 15 is 0 Å². The van der Waals surface area contributed by atoms with Crippen molar-refractivity contribution in [1.29, 1.82) is 0 Å². The zero-order chi connectivity index (χ0) is 93.9. The Kier molecular flexibility index (Phi) is 21.2. The third-order valence-electron chi connectivity index (χ3n) is 28.3. The van der Waals surface area contributed by atoms with Gasteiger partial charge in [0.1, 0.15) is 22.3 Å². The van der Waals surface area contributed by atoms with Gasteiger partial charge < -0.3 is 28.4 Å². The topological polar surface area (TPSA) is 39.2 Å². The summed E-state index contributed by atoms with van der Waals surface area (Å²) in [5.74, 6) is 0. The van der Waals surface area contributed by atoms with Gasteiger partial charge in [0.2, 0.25) is 0 Å². The largest absolute Gasteiger partial charge is 0.455 e. The first kappa shape index (κ1) is 83.7. The van der Waals surface area contributed by atoms with Gasteiger partial charge in [-0.25, -0.2) is 0 Å². The van der Waals surface area contributed by atoms with Crippen LogP contribution in [-0.2, 0) is 0 Å². The summed E-state index contributed by atoms with van der Waals surface area (Å²) >= 11 is 0. The van der Waals surface area contributed by atoms with Crippen molar-refractivity contribution in [3.8, 4) is 66.8 Å². The smallest absolute Gasteiger partial charge is 0.143 e. The molecule has 6 nitrogen and oxygen atoms in total. The number of anilines is 12. The van der Waals surface area contributed by atoms with Gasteiger partial charge in [-0.15, -0.1) is 0 Å². The van der Waals surface area contributed by atoms with E-state index in [2.05, 4.69) is 541 Å². The highest BCUT2D eigenvalue weighted by Crippen LogP contribution is 2.49. The SMILES string of the molecule is c1ccc(N(c2ccc(-c3ccc(N(c4ccc(-c5ccc(-c6cccc7c6oc6ccccc67)cc5)cc4)c4ccc5c6ccccc6c6ccccc6c5c4)cc3)cc2)c2cccc3ccccc23)cc1.c1ccc(N(c2ccccc2)c2ccc(-c3ccc(N(c4ccc(-c5ccc(-c6cccc7c6oc6ccccc67)cc5)cc4)c4ccc5c6ccccc6c6ccccc6c5c4)cc3)cc2)cc1. The number of furan rings is 2. The van der Waals surface area contributed by atoms with Crippen LogP contribution < -0.4 is 19.6 Å². The number of hydrogen-bond donors (Lipinski definition) is 0. The maximum Gasteiger partial charge on any atom is 0.143 e. The normalized spacial score (nSPS) is 11.5. The van der Waals surface area contributed by atoms with Crippen LogP contribution in [-0.4, -0.2) is 0 Å². The molecule has 0 N–H and O–H groups in total. The summed E-state index contributed by atoms with van der Waals surface area (Å²) in [7, 11) is 0. The van der Waals surface area contributed by atoms with Crippen LogP contribution in [0, 0.1) is 0 Å². The first-order valence-electron chi connectivity index (χ1n) is 48.6. The van der Waals surface area contributed by atoms with E-state index in [1.54, 1.807) is 0 Å². The second-order valence-corrected chi connectivity index (χ2v) is 36.5. The molecule has 0 fully saturated rings. The molecule has 0 atom stereocenters. The van der Waals surface area contributed by atoms with E-state index in [1.165, 1.54) is 75.4 Å². The third kappa shape index (κ3) is 15.3. The zero-order valence-corrected chi connectivity index (χ0v) is 77.6. The van der Waals surface area contributed by atoms with E-state index in [-0.39, 0.29) is 0 Å². The molecule has 27 aromatic rings. The molecule has 25 aromatic carbocycles. The molecule has 27 rings (SSSR count). The van der Waals surface area contributed by atoms with Gasteiger partial charge in [0, 0.05) is 101 Å². The van der Waals surface area contributed by atoms with E-state index in [4.69, 9.17) is 8.83 Å². The molecule has 142 heavy (non-hydrogen) atoms. The first-order chi connectivity index (χ1) is 70.4. The molecule has 2 aromatic heterocycles. The molecule has 666 valence electrons. The summed E-state index contributed by atoms with van der Waals surface area (Å²) < 4.78 is 12.8. The molecule has 0 aliphatic carbocycles. The van der Waals surface area contributed by atoms with Gasteiger partial charge in [-0.1, -0.05) is 394 Å². The summed E-state index contributed by atoms with van der Waals surface area (Å²) in [4.78, 5) is 9.42. The summed E-state index contributed by atoms with van der Waals surface area (Å²) in [5, 5.41) is 22.0. The molecule has 0 amide bonds. The molecule has 0 spiro atoms. The Morgan fingerprint density at radius 1 is 0.120 bits per heavy atom. The zero-order valence-electron chi connectivity index (χ0n) is 77.6. The summed E-state index contributed by atoms with van der Waals surface area (Å²) in [6.45, 7) is 0. The van der Waals surface area contributed by atoms with Crippen molar-refractivity contribution in [1.82, 2.24) is 0 Å². The number of nitrogens with zero attached hydrogens (tertiary/aromatic N) is 4. The van der Waals surface area contributed by atoms with Crippen LogP contribution >= 0.6 is 0 Å². The molecule has 0 unspecified atom stereocenters. The molecule has 0 radical (unpaired) electrons. The highest BCUT2D eigenvalue weighted by atomic mass is 16.3. The number of benzene rings is 25. The Bertz CT molecular complexity index is 9300. The molecule has 0 aliphatic rings. The Labute approximate surface area is 822 Å². The third-order valence-corrected chi connectivity index (χ3v) is 28.3. The maximum absolute atomic E-state index is 6.40. The van der Waals surface area contributed by atoms with Crippen molar-refractivity contribution < 1.29 is 8.83 Å². The van der Waals surface area contributed by atoms with E-state index < -0.39 is 0 Å². The summed E-state index contributed by atoms with van der Waals surface area (Å²) in [6, 6.07) is 197. The molecule has 0 saturated carbocycles. The van der Waals surface area contributed by atoms with Gasteiger partial charge in [0.15, 0.2) is 0 Å². The highest BCUT2D eigenvalue weighted by molar-refractivity contribution is 6.27. The number of rotatable bonds is 18. The number of para-hydroxylation sites is 7. The van der Waals surface area contributed by atoms with Crippen LogP contribution in [0.5, 0.6) is 0 Å². The maximum atomic E-state index is 6.40. The van der Waals surface area contributed by atoms with Crippen molar-refractivity contribution in [2.75, 3.05) is 19.6 Å². The van der Waals surface area contributed by atoms with Crippen molar-refractivity contribution in [2.24, 2.45) is 0 Å². The van der Waals surface area contributed by atoms with Gasteiger partial charge in [0.05, 0.1) is 5.69 Å². The highest BCUT2D eigenvalue weighted by Gasteiger charge is 2.24. The van der Waals surface area contributed by atoms with Gasteiger partial charge in [-0.05, 0) is 277 Å². The molecule has 2 heterocycles. The predicted octanol–water partition coefficient (Wildman–Crippen LogP) is 39.1. The standard InChI is InChI=1S/C70H46N2O.C66H44N2O/c1-2-16-53(17-3-1)72(68-26-12-15-51-14-4-5-18-58(51)68)56-42-36-50(37-43-56)49-34-40-55(41-35-49)71(57-44-45-64-62-21-7-6-19-60(62)61-20-8-9-22-63(61)67(64)46-57)54-38-32-48(33-39-54)47-28-30-52(31-29-47)59-24-13-25-66-65-23-10-11-27-69(65)73-70(59)66;1-3-14-50(15-4-1)67(51-16-5-2-6-17-51)52-36-30-47(31-37-52)48-34-40-54(41-35-48)68(55-42-43-61-59-20-8-7-18-57(59)58-19-9-10-21-60(58)64(61)44-55)53-38-32-46(33-39-53)45-26-28-49(29-27-45)56-23-13-24-63-62-22-11-12-25-65(62)69-66(56)63/h1-46H;1-44H. The molecule has 0 aliphatic heterocycles. The van der Waals surface area contributed by atoms with E-state index in [0.29, 0.717) is 0 Å². The minimum atomic E-state index is 0.909. The van der Waals surface area contributed by atoms with Gasteiger partial charge in [-0.2, -0.15) is 0 Å². The lowest BCUT2D eigenvalue weighted by molar-refractivity contribution is 0.669. The average molecular weight is 1810 g/mol. The second kappa shape index (κ2) is 36.0. The monoisotopic (exact) mass is 1810 g/mol. The summed E-state index contributed by atoms with van der Waals surface area (Å²) in [5.41, 5.74) is 30.6. The predicted molar refractivity (Wildman–Crippen MR) is 601 cm³/mol. The second-order valence-electron chi connectivity index (χ2n) is 36.5. The molecule has 0 saturated heterocycles. The van der Waals surface area contributed by atoms with E-state index in [0.717, 1.165) is 179 Å². The Balaban J connectivity index is 0.000000146. The van der Waals surface area contributed by atoms with Crippen LogP contribution in [0.2, 0.25) is 0 Å². The van der Waals surface area contributed by atoms with Gasteiger partial charge in [0.25, 0.3) is 0 Å². The van der Waals surface area contributed by atoms with Crippen molar-refractivity contribution in [3.63, 3.8) is 0 Å². The van der Waals surface area contributed by atoms with Gasteiger partial charge in [-0.3, -0.25) is 0 Å². The van der Waals surface area contributed by atoms with E-state index in [1.807, 2.05) is 24.3 Å². The van der Waals surface area contributed by atoms with Crippen molar-refractivity contribution >= 4 is 188 Å². The van der Waals surface area contributed by atoms with E-state index in [9.17, 15) is 0 Å². The summed E-state index contributed by atoms with van der Waals surface area (Å²) in [6.07, 6.45) is 0. The Morgan fingerprint density at radius 3 is 0.662 bits per heavy atom. The lowest BCUT2D eigenvalue weighted by Crippen LogP contribution is -2.10. The minimum absolute atomic E-state index is 0.909. The average Bonchev–Trinajstić information content (AvgIpc) is 1.08. The first-order valence-corrected chi connectivity index (χ1v) is 48.6. The van der Waals surface area contributed by atoms with Crippen LogP contribution in [0.25, 0.3) is 186 Å². The van der Waals surface area contributed by atoms with Crippen LogP contribution in [0.4, 0.5) is 68.2 Å². The van der Waals surface area contributed by atoms with Crippen LogP contribution in [0.1, 0.15) is 0 Å². The molecular formula is C136H90N4O2. The molecule has 0 bridgehead atoms. The Morgan fingerprint density at radius 2 is 0.331 bits per heavy atom. The van der Waals surface area contributed by atoms with Crippen LogP contribution in [0.3, 0.4) is 0 Å². The fourth-order valence-corrected chi connectivity index (χ4v) is 21.4. The molecular weight excluding hydrogens is 1720 g/mol. The minimum Gasteiger partial charge on any atom is -0.455 e. The van der Waals surface area contributed by atoms with Crippen molar-refractivity contribution in [3.05, 3.63) is 546 Å². The Hall–Kier alpha value is -18.9. The van der Waals surface area contributed by atoms with Crippen molar-refractivity contribution in [2.45, 2.75) is 0 Å². The van der Waals surface area contributed by atoms with Crippen LogP contribution in [0.15, 0.2) is 555 Å².